The maximum absolute atomic E-state index is 13.7. The summed E-state index contributed by atoms with van der Waals surface area (Å²) < 4.78 is 12.4. The molecule has 0 radical (unpaired) electrons. The molecule has 1 heterocycles. The van der Waals surface area contributed by atoms with Crippen molar-refractivity contribution in [2.75, 3.05) is 26.1 Å². The molecule has 4 aromatic rings. The minimum Gasteiger partial charge on any atom is -0.497 e. The molecule has 0 atom stereocenters. The molecule has 8 heteroatoms. The second-order valence-corrected chi connectivity index (χ2v) is 10.7. The predicted octanol–water partition coefficient (Wildman–Crippen LogP) is 5.78. The summed E-state index contributed by atoms with van der Waals surface area (Å²) >= 11 is 0. The Bertz CT molecular complexity index is 1450. The fourth-order valence-electron chi connectivity index (χ4n) is 4.19. The number of methoxy groups -OCH3 is 2. The van der Waals surface area contributed by atoms with E-state index in [4.69, 9.17) is 14.6 Å². The number of carbonyl (C=O) groups is 2. The monoisotopic (exact) mass is 540 g/mol. The van der Waals surface area contributed by atoms with Gasteiger partial charge in [0.1, 0.15) is 23.9 Å². The number of benzene rings is 3. The molecule has 1 N–H and O–H groups in total. The van der Waals surface area contributed by atoms with Gasteiger partial charge in [-0.05, 0) is 36.8 Å². The Morgan fingerprint density at radius 3 is 2.10 bits per heavy atom. The van der Waals surface area contributed by atoms with Gasteiger partial charge in [-0.15, -0.1) is 0 Å². The van der Waals surface area contributed by atoms with Crippen LogP contribution in [0.5, 0.6) is 11.5 Å². The van der Waals surface area contributed by atoms with Gasteiger partial charge in [0.15, 0.2) is 0 Å². The molecule has 208 valence electrons. The van der Waals surface area contributed by atoms with Crippen molar-refractivity contribution in [3.05, 3.63) is 101 Å². The first-order valence-electron chi connectivity index (χ1n) is 13.1. The van der Waals surface area contributed by atoms with Crippen molar-refractivity contribution in [1.82, 2.24) is 14.7 Å². The van der Waals surface area contributed by atoms with Crippen LogP contribution in [0.4, 0.5) is 5.82 Å². The first-order valence-corrected chi connectivity index (χ1v) is 13.1. The van der Waals surface area contributed by atoms with Crippen LogP contribution < -0.4 is 14.8 Å². The second kappa shape index (κ2) is 12.1. The number of amides is 2. The van der Waals surface area contributed by atoms with Crippen molar-refractivity contribution in [3.8, 4) is 17.2 Å². The molecule has 0 aliphatic rings. The molecule has 0 aliphatic heterocycles. The van der Waals surface area contributed by atoms with Gasteiger partial charge >= 0.3 is 0 Å². The van der Waals surface area contributed by atoms with Crippen LogP contribution in [0, 0.1) is 6.92 Å². The van der Waals surface area contributed by atoms with E-state index in [1.165, 1.54) is 19.1 Å². The van der Waals surface area contributed by atoms with Crippen LogP contribution in [0.2, 0.25) is 0 Å². The summed E-state index contributed by atoms with van der Waals surface area (Å²) in [5, 5.41) is 7.80. The summed E-state index contributed by atoms with van der Waals surface area (Å²) in [5.41, 5.74) is 3.83. The highest BCUT2D eigenvalue weighted by molar-refractivity contribution is 5.99. The van der Waals surface area contributed by atoms with Gasteiger partial charge in [-0.25, -0.2) is 4.68 Å². The molecule has 0 spiro atoms. The largest absolute Gasteiger partial charge is 0.497 e. The van der Waals surface area contributed by atoms with Crippen LogP contribution in [0.15, 0.2) is 78.9 Å². The van der Waals surface area contributed by atoms with Crippen molar-refractivity contribution in [2.45, 2.75) is 39.7 Å². The van der Waals surface area contributed by atoms with E-state index in [1.807, 2.05) is 67.6 Å². The molecule has 4 rings (SSSR count). The van der Waals surface area contributed by atoms with E-state index in [0.717, 1.165) is 22.5 Å². The zero-order chi connectivity index (χ0) is 28.9. The molecule has 0 unspecified atom stereocenters. The summed E-state index contributed by atoms with van der Waals surface area (Å²) in [4.78, 5) is 28.8. The lowest BCUT2D eigenvalue weighted by Crippen LogP contribution is -2.38. The van der Waals surface area contributed by atoms with Crippen LogP contribution in [0.3, 0.4) is 0 Å². The molecule has 3 aromatic carbocycles. The standard InChI is InChI=1S/C32H36N4O4/c1-22-12-14-25(15-13-22)36-29(19-28(34-36)32(2,3)4)33-30(37)21-35(20-23-10-8-7-9-11-23)31(38)24-16-26(39-5)18-27(17-24)40-6/h7-19H,20-21H2,1-6H3,(H,33,37). The minimum atomic E-state index is -0.340. The van der Waals surface area contributed by atoms with Crippen molar-refractivity contribution in [3.63, 3.8) is 0 Å². The van der Waals surface area contributed by atoms with Gasteiger partial charge in [-0.1, -0.05) is 68.8 Å². The van der Waals surface area contributed by atoms with Gasteiger partial charge in [0, 0.05) is 29.7 Å². The summed E-state index contributed by atoms with van der Waals surface area (Å²) in [5.74, 6) is 0.854. The SMILES string of the molecule is COc1cc(OC)cc(C(=O)N(CC(=O)Nc2cc(C(C)(C)C)nn2-c2ccc(C)cc2)Cc2ccccc2)c1. The van der Waals surface area contributed by atoms with Crippen LogP contribution in [-0.2, 0) is 16.8 Å². The van der Waals surface area contributed by atoms with Gasteiger partial charge < -0.3 is 19.7 Å². The highest BCUT2D eigenvalue weighted by atomic mass is 16.5. The molecule has 8 nitrogen and oxygen atoms in total. The van der Waals surface area contributed by atoms with Crippen LogP contribution in [0.25, 0.3) is 5.69 Å². The third kappa shape index (κ3) is 6.88. The summed E-state index contributed by atoms with van der Waals surface area (Å²) in [6, 6.07) is 24.4. The van der Waals surface area contributed by atoms with E-state index < -0.39 is 0 Å². The topological polar surface area (TPSA) is 85.7 Å². The molecule has 0 aliphatic carbocycles. The van der Waals surface area contributed by atoms with Gasteiger partial charge in [-0.2, -0.15) is 5.10 Å². The molecule has 0 saturated carbocycles. The van der Waals surface area contributed by atoms with Crippen LogP contribution >= 0.6 is 0 Å². The molecular weight excluding hydrogens is 504 g/mol. The molecule has 2 amide bonds. The third-order valence-corrected chi connectivity index (χ3v) is 6.46. The van der Waals surface area contributed by atoms with Crippen LogP contribution in [0.1, 0.15) is 48.0 Å². The lowest BCUT2D eigenvalue weighted by Gasteiger charge is -2.23. The number of rotatable bonds is 9. The number of nitrogens with one attached hydrogen (secondary N) is 1. The second-order valence-electron chi connectivity index (χ2n) is 10.7. The molecular formula is C32H36N4O4. The van der Waals surface area contributed by atoms with Gasteiger partial charge in [-0.3, -0.25) is 9.59 Å². The number of aromatic nitrogens is 2. The molecule has 0 fully saturated rings. The summed E-state index contributed by atoms with van der Waals surface area (Å²) in [6.45, 7) is 8.32. The Kier molecular flexibility index (Phi) is 8.58. The Morgan fingerprint density at radius 2 is 1.52 bits per heavy atom. The number of hydrogen-bond acceptors (Lipinski definition) is 5. The quantitative estimate of drug-likeness (QED) is 0.291. The van der Waals surface area contributed by atoms with E-state index in [9.17, 15) is 9.59 Å². The lowest BCUT2D eigenvalue weighted by atomic mass is 9.92. The average Bonchev–Trinajstić information content (AvgIpc) is 3.37. The van der Waals surface area contributed by atoms with Gasteiger partial charge in [0.2, 0.25) is 5.91 Å². The zero-order valence-corrected chi connectivity index (χ0v) is 23.9. The molecule has 1 aromatic heterocycles. The Labute approximate surface area is 235 Å². The Morgan fingerprint density at radius 1 is 0.900 bits per heavy atom. The normalized spacial score (nSPS) is 11.2. The number of carbonyl (C=O) groups excluding carboxylic acids is 2. The smallest absolute Gasteiger partial charge is 0.254 e. The van der Waals surface area contributed by atoms with E-state index in [1.54, 1.807) is 22.9 Å². The number of nitrogens with zero attached hydrogens (tertiary/aromatic N) is 3. The van der Waals surface area contributed by atoms with E-state index in [2.05, 4.69) is 26.1 Å². The highest BCUT2D eigenvalue weighted by Gasteiger charge is 2.24. The Hall–Kier alpha value is -4.59. The average molecular weight is 541 g/mol. The first kappa shape index (κ1) is 28.4. The highest BCUT2D eigenvalue weighted by Crippen LogP contribution is 2.27. The van der Waals surface area contributed by atoms with Crippen molar-refractivity contribution in [2.24, 2.45) is 0 Å². The minimum absolute atomic E-state index is 0.169. The zero-order valence-electron chi connectivity index (χ0n) is 23.9. The van der Waals surface area contributed by atoms with Crippen molar-refractivity contribution in [1.29, 1.82) is 0 Å². The van der Waals surface area contributed by atoms with E-state index >= 15 is 0 Å². The van der Waals surface area contributed by atoms with Crippen molar-refractivity contribution >= 4 is 17.6 Å². The molecule has 0 saturated heterocycles. The fraction of sp³-hybridized carbons (Fsp3) is 0.281. The number of anilines is 1. The summed E-state index contributed by atoms with van der Waals surface area (Å²) in [7, 11) is 3.06. The first-order chi connectivity index (χ1) is 19.1. The fourth-order valence-corrected chi connectivity index (χ4v) is 4.19. The van der Waals surface area contributed by atoms with Crippen LogP contribution in [-0.4, -0.2) is 47.3 Å². The van der Waals surface area contributed by atoms with Gasteiger partial charge in [0.05, 0.1) is 25.6 Å². The maximum atomic E-state index is 13.7. The van der Waals surface area contributed by atoms with E-state index in [0.29, 0.717) is 22.9 Å². The molecule has 0 bridgehead atoms. The maximum Gasteiger partial charge on any atom is 0.254 e. The van der Waals surface area contributed by atoms with E-state index in [-0.39, 0.29) is 30.3 Å². The number of ether oxygens (including phenoxy) is 2. The number of aryl methyl sites for hydroxylation is 1. The summed E-state index contributed by atoms with van der Waals surface area (Å²) in [6.07, 6.45) is 0. The number of hydrogen-bond donors (Lipinski definition) is 1. The van der Waals surface area contributed by atoms with Gasteiger partial charge in [0.25, 0.3) is 5.91 Å². The Balaban J connectivity index is 1.64. The predicted molar refractivity (Wildman–Crippen MR) is 156 cm³/mol. The lowest BCUT2D eigenvalue weighted by molar-refractivity contribution is -0.117. The molecule has 40 heavy (non-hydrogen) atoms. The third-order valence-electron chi connectivity index (χ3n) is 6.46. The van der Waals surface area contributed by atoms with Crippen molar-refractivity contribution < 1.29 is 19.1 Å².